The van der Waals surface area contributed by atoms with E-state index < -0.39 is 6.10 Å². The monoisotopic (exact) mass is 314 g/mol. The van der Waals surface area contributed by atoms with Crippen LogP contribution in [0.4, 0.5) is 0 Å². The molecule has 0 aliphatic heterocycles. The lowest BCUT2D eigenvalue weighted by Gasteiger charge is -2.14. The van der Waals surface area contributed by atoms with E-state index in [9.17, 15) is 5.11 Å². The molecular formula is C14H16Cl2N2O2. The largest absolute Gasteiger partial charge is 0.487 e. The number of aryl methyl sites for hydroxylation is 2. The van der Waals surface area contributed by atoms with Gasteiger partial charge in [0.15, 0.2) is 0 Å². The van der Waals surface area contributed by atoms with Gasteiger partial charge >= 0.3 is 0 Å². The van der Waals surface area contributed by atoms with Gasteiger partial charge in [-0.15, -0.1) is 0 Å². The maximum absolute atomic E-state index is 9.76. The lowest BCUT2D eigenvalue weighted by Crippen LogP contribution is -2.05. The molecule has 6 heteroatoms. The summed E-state index contributed by atoms with van der Waals surface area (Å²) in [4.78, 5) is 0. The molecule has 0 saturated heterocycles. The van der Waals surface area contributed by atoms with E-state index in [0.29, 0.717) is 21.4 Å². The van der Waals surface area contributed by atoms with Crippen LogP contribution in [0.3, 0.4) is 0 Å². The van der Waals surface area contributed by atoms with Gasteiger partial charge in [0.2, 0.25) is 0 Å². The normalized spacial score (nSPS) is 12.5. The van der Waals surface area contributed by atoms with Gasteiger partial charge in [0, 0.05) is 17.6 Å². The smallest absolute Gasteiger partial charge is 0.131 e. The molecule has 0 aliphatic rings. The zero-order valence-electron chi connectivity index (χ0n) is 11.5. The van der Waals surface area contributed by atoms with Gasteiger partial charge in [-0.25, -0.2) is 0 Å². The van der Waals surface area contributed by atoms with Gasteiger partial charge in [-0.05, 0) is 32.0 Å². The van der Waals surface area contributed by atoms with Crippen LogP contribution in [0.15, 0.2) is 18.2 Å². The van der Waals surface area contributed by atoms with Gasteiger partial charge < -0.3 is 9.84 Å². The molecule has 4 nitrogen and oxygen atoms in total. The molecule has 20 heavy (non-hydrogen) atoms. The minimum Gasteiger partial charge on any atom is -0.487 e. The Balaban J connectivity index is 2.23. The molecule has 0 aliphatic carbocycles. The van der Waals surface area contributed by atoms with Gasteiger partial charge in [0.1, 0.15) is 12.4 Å². The number of ether oxygens (including phenoxy) is 1. The van der Waals surface area contributed by atoms with Crippen LogP contribution in [-0.4, -0.2) is 14.9 Å². The van der Waals surface area contributed by atoms with Crippen molar-refractivity contribution in [2.45, 2.75) is 26.6 Å². The van der Waals surface area contributed by atoms with Crippen LogP contribution in [-0.2, 0) is 13.7 Å². The van der Waals surface area contributed by atoms with Crippen LogP contribution in [0.25, 0.3) is 0 Å². The van der Waals surface area contributed by atoms with Crippen molar-refractivity contribution in [3.05, 3.63) is 45.2 Å². The fraction of sp³-hybridized carbons (Fsp3) is 0.357. The Morgan fingerprint density at radius 2 is 2.10 bits per heavy atom. The van der Waals surface area contributed by atoms with Crippen LogP contribution < -0.4 is 4.74 Å². The number of rotatable bonds is 4. The first-order chi connectivity index (χ1) is 9.40. The molecule has 1 heterocycles. The van der Waals surface area contributed by atoms with Crippen molar-refractivity contribution in [1.82, 2.24) is 9.78 Å². The Bertz CT molecular complexity index is 624. The lowest BCUT2D eigenvalue weighted by atomic mass is 10.1. The Hall–Kier alpha value is -1.23. The number of aromatic nitrogens is 2. The quantitative estimate of drug-likeness (QED) is 0.936. The lowest BCUT2D eigenvalue weighted by molar-refractivity contribution is 0.189. The highest BCUT2D eigenvalue weighted by molar-refractivity contribution is 6.31. The van der Waals surface area contributed by atoms with Crippen molar-refractivity contribution in [3.63, 3.8) is 0 Å². The molecule has 0 bridgehead atoms. The van der Waals surface area contributed by atoms with Crippen molar-refractivity contribution in [3.8, 4) is 5.75 Å². The number of aliphatic hydroxyl groups excluding tert-OH is 1. The number of hydrogen-bond donors (Lipinski definition) is 1. The average molecular weight is 315 g/mol. The van der Waals surface area contributed by atoms with Crippen LogP contribution in [0.1, 0.15) is 30.0 Å². The number of hydrogen-bond acceptors (Lipinski definition) is 3. The molecule has 2 rings (SSSR count). The molecule has 2 aromatic rings. The minimum absolute atomic E-state index is 0.275. The highest BCUT2D eigenvalue weighted by Gasteiger charge is 2.14. The van der Waals surface area contributed by atoms with Gasteiger partial charge in [-0.2, -0.15) is 5.10 Å². The van der Waals surface area contributed by atoms with E-state index in [1.165, 1.54) is 0 Å². The molecular weight excluding hydrogens is 299 g/mol. The summed E-state index contributed by atoms with van der Waals surface area (Å²) in [5.74, 6) is 0.583. The number of halogens is 2. The van der Waals surface area contributed by atoms with Crippen LogP contribution in [0.2, 0.25) is 10.0 Å². The van der Waals surface area contributed by atoms with E-state index >= 15 is 0 Å². The molecule has 0 radical (unpaired) electrons. The molecule has 1 aromatic heterocycles. The van der Waals surface area contributed by atoms with Crippen LogP contribution in [0.5, 0.6) is 5.75 Å². The van der Waals surface area contributed by atoms with Gasteiger partial charge in [0.25, 0.3) is 0 Å². The SMILES string of the molecule is Cc1nn(C)c(COc2ccc(Cl)cc2[C@@H](C)O)c1Cl. The van der Waals surface area contributed by atoms with Crippen molar-refractivity contribution < 1.29 is 9.84 Å². The third kappa shape index (κ3) is 3.08. The Labute approximate surface area is 127 Å². The summed E-state index contributed by atoms with van der Waals surface area (Å²) < 4.78 is 7.44. The molecule has 108 valence electrons. The summed E-state index contributed by atoms with van der Waals surface area (Å²) in [7, 11) is 1.81. The minimum atomic E-state index is -0.660. The second-order valence-electron chi connectivity index (χ2n) is 4.62. The summed E-state index contributed by atoms with van der Waals surface area (Å²) in [5.41, 5.74) is 2.20. The number of nitrogens with zero attached hydrogens (tertiary/aromatic N) is 2. The highest BCUT2D eigenvalue weighted by atomic mass is 35.5. The fourth-order valence-corrected chi connectivity index (χ4v) is 2.36. The van der Waals surface area contributed by atoms with Gasteiger partial charge in [0.05, 0.1) is 22.5 Å². The van der Waals surface area contributed by atoms with E-state index in [2.05, 4.69) is 5.10 Å². The Morgan fingerprint density at radius 1 is 1.40 bits per heavy atom. The third-order valence-corrected chi connectivity index (χ3v) is 3.77. The molecule has 0 spiro atoms. The number of aliphatic hydroxyl groups is 1. The molecule has 0 unspecified atom stereocenters. The second kappa shape index (κ2) is 6.04. The van der Waals surface area contributed by atoms with Crippen molar-refractivity contribution >= 4 is 23.2 Å². The first-order valence-electron chi connectivity index (χ1n) is 6.18. The molecule has 1 aromatic carbocycles. The fourth-order valence-electron chi connectivity index (χ4n) is 1.96. The molecule has 0 saturated carbocycles. The molecule has 0 fully saturated rings. The molecule has 1 atom stereocenters. The maximum Gasteiger partial charge on any atom is 0.131 e. The maximum atomic E-state index is 9.76. The van der Waals surface area contributed by atoms with E-state index in [1.807, 2.05) is 14.0 Å². The standard InChI is InChI=1S/C14H16Cl2N2O2/c1-8-14(16)12(18(3)17-8)7-20-13-5-4-10(15)6-11(13)9(2)19/h4-6,9,19H,7H2,1-3H3/t9-/m1/s1. The summed E-state index contributed by atoms with van der Waals surface area (Å²) in [6.07, 6.45) is -0.660. The summed E-state index contributed by atoms with van der Waals surface area (Å²) in [6, 6.07) is 5.15. The van der Waals surface area contributed by atoms with Crippen LogP contribution in [0, 0.1) is 6.92 Å². The van der Waals surface area contributed by atoms with Gasteiger partial charge in [-0.3, -0.25) is 4.68 Å². The van der Waals surface area contributed by atoms with Crippen molar-refractivity contribution in [2.75, 3.05) is 0 Å². The van der Waals surface area contributed by atoms with Crippen molar-refractivity contribution in [2.24, 2.45) is 7.05 Å². The van der Waals surface area contributed by atoms with E-state index in [0.717, 1.165) is 11.4 Å². The van der Waals surface area contributed by atoms with Crippen LogP contribution >= 0.6 is 23.2 Å². The molecule has 1 N–H and O–H groups in total. The predicted molar refractivity (Wildman–Crippen MR) is 79.4 cm³/mol. The Morgan fingerprint density at radius 3 is 2.65 bits per heavy atom. The van der Waals surface area contributed by atoms with E-state index in [4.69, 9.17) is 27.9 Å². The average Bonchev–Trinajstić information content (AvgIpc) is 2.62. The van der Waals surface area contributed by atoms with Gasteiger partial charge in [-0.1, -0.05) is 23.2 Å². The molecule has 0 amide bonds. The first kappa shape index (κ1) is 15.2. The zero-order valence-corrected chi connectivity index (χ0v) is 13.0. The number of benzene rings is 1. The first-order valence-corrected chi connectivity index (χ1v) is 6.94. The van der Waals surface area contributed by atoms with E-state index in [-0.39, 0.29) is 6.61 Å². The summed E-state index contributed by atoms with van der Waals surface area (Å²) in [6.45, 7) is 3.78. The summed E-state index contributed by atoms with van der Waals surface area (Å²) >= 11 is 12.1. The predicted octanol–water partition coefficient (Wildman–Crippen LogP) is 3.67. The summed E-state index contributed by atoms with van der Waals surface area (Å²) in [5, 5.41) is 15.1. The topological polar surface area (TPSA) is 47.3 Å². The Kier molecular flexibility index (Phi) is 4.58. The second-order valence-corrected chi connectivity index (χ2v) is 5.43. The highest BCUT2D eigenvalue weighted by Crippen LogP contribution is 2.29. The third-order valence-electron chi connectivity index (χ3n) is 3.05. The van der Waals surface area contributed by atoms with Crippen molar-refractivity contribution in [1.29, 1.82) is 0 Å². The zero-order chi connectivity index (χ0) is 14.9. The van der Waals surface area contributed by atoms with E-state index in [1.54, 1.807) is 29.8 Å².